The minimum Gasteiger partial charge on any atom is -0.491 e. The summed E-state index contributed by atoms with van der Waals surface area (Å²) in [7, 11) is 1.62. The van der Waals surface area contributed by atoms with Gasteiger partial charge in [0.15, 0.2) is 5.69 Å². The van der Waals surface area contributed by atoms with Gasteiger partial charge in [-0.2, -0.15) is 0 Å². The second-order valence-electron chi connectivity index (χ2n) is 6.06. The third kappa shape index (κ3) is 4.68. The lowest BCUT2D eigenvalue weighted by Crippen LogP contribution is -2.24. The summed E-state index contributed by atoms with van der Waals surface area (Å²) in [6.45, 7) is 3.11. The molecule has 8 heteroatoms. The van der Waals surface area contributed by atoms with Crippen molar-refractivity contribution in [1.82, 2.24) is 20.3 Å². The zero-order valence-corrected chi connectivity index (χ0v) is 16.4. The van der Waals surface area contributed by atoms with E-state index in [-0.39, 0.29) is 11.6 Å². The maximum absolute atomic E-state index is 12.6. The zero-order valence-electron chi connectivity index (χ0n) is 15.7. The molecule has 1 N–H and O–H groups in total. The van der Waals surface area contributed by atoms with Crippen molar-refractivity contribution < 1.29 is 14.3 Å². The summed E-state index contributed by atoms with van der Waals surface area (Å²) in [4.78, 5) is 12.6. The van der Waals surface area contributed by atoms with E-state index < -0.39 is 0 Å². The molecule has 3 aromatic rings. The van der Waals surface area contributed by atoms with Gasteiger partial charge in [0.05, 0.1) is 23.0 Å². The molecule has 0 aliphatic rings. The summed E-state index contributed by atoms with van der Waals surface area (Å²) in [6, 6.07) is 14.8. The van der Waals surface area contributed by atoms with Crippen molar-refractivity contribution in [2.75, 3.05) is 20.3 Å². The SMILES string of the molecule is COCCOc1cccc(CNC(=O)c2nnn(-c3ccccc3Cl)c2C)c1. The van der Waals surface area contributed by atoms with E-state index in [1.165, 1.54) is 0 Å². The Morgan fingerprint density at radius 2 is 2.00 bits per heavy atom. The molecule has 0 fully saturated rings. The number of ether oxygens (including phenoxy) is 2. The fraction of sp³-hybridized carbons (Fsp3) is 0.250. The van der Waals surface area contributed by atoms with E-state index in [0.717, 1.165) is 11.3 Å². The van der Waals surface area contributed by atoms with Crippen LogP contribution in [0.25, 0.3) is 5.69 Å². The van der Waals surface area contributed by atoms with Crippen LogP contribution in [0, 0.1) is 6.92 Å². The lowest BCUT2D eigenvalue weighted by molar-refractivity contribution is 0.0945. The molecule has 0 unspecified atom stereocenters. The maximum atomic E-state index is 12.6. The average Bonchev–Trinajstić information content (AvgIpc) is 3.08. The molecule has 0 aliphatic heterocycles. The number of hydrogen-bond donors (Lipinski definition) is 1. The molecule has 0 atom stereocenters. The summed E-state index contributed by atoms with van der Waals surface area (Å²) in [5.74, 6) is 0.422. The van der Waals surface area contributed by atoms with Crippen molar-refractivity contribution >= 4 is 17.5 Å². The third-order valence-electron chi connectivity index (χ3n) is 4.10. The van der Waals surface area contributed by atoms with Crippen LogP contribution in [0.1, 0.15) is 21.7 Å². The average molecular weight is 401 g/mol. The number of carbonyl (C=O) groups excluding carboxylic acids is 1. The van der Waals surface area contributed by atoms with Crippen molar-refractivity contribution in [1.29, 1.82) is 0 Å². The summed E-state index contributed by atoms with van der Waals surface area (Å²) >= 11 is 6.21. The van der Waals surface area contributed by atoms with Crippen LogP contribution in [0.3, 0.4) is 0 Å². The first kappa shape index (κ1) is 19.9. The van der Waals surface area contributed by atoms with E-state index in [1.807, 2.05) is 42.5 Å². The highest BCUT2D eigenvalue weighted by Gasteiger charge is 2.18. The number of para-hydroxylation sites is 1. The number of nitrogens with zero attached hydrogens (tertiary/aromatic N) is 3. The van der Waals surface area contributed by atoms with Gasteiger partial charge >= 0.3 is 0 Å². The number of amides is 1. The van der Waals surface area contributed by atoms with Crippen LogP contribution < -0.4 is 10.1 Å². The number of benzene rings is 2. The highest BCUT2D eigenvalue weighted by molar-refractivity contribution is 6.32. The standard InChI is InChI=1S/C20H21ClN4O3/c1-14-19(23-24-25(14)18-9-4-3-8-17(18)21)20(26)22-13-15-6-5-7-16(12-15)28-11-10-27-2/h3-9,12H,10-11,13H2,1-2H3,(H,22,26). The van der Waals surface area contributed by atoms with E-state index in [4.69, 9.17) is 21.1 Å². The van der Waals surface area contributed by atoms with E-state index in [9.17, 15) is 4.79 Å². The van der Waals surface area contributed by atoms with Crippen LogP contribution in [0.4, 0.5) is 0 Å². The molecule has 1 aromatic heterocycles. The van der Waals surface area contributed by atoms with Gasteiger partial charge in [-0.05, 0) is 36.8 Å². The normalized spacial score (nSPS) is 10.7. The lowest BCUT2D eigenvalue weighted by atomic mass is 10.2. The summed E-state index contributed by atoms with van der Waals surface area (Å²) in [6.07, 6.45) is 0. The van der Waals surface area contributed by atoms with Gasteiger partial charge in [0.2, 0.25) is 0 Å². The third-order valence-corrected chi connectivity index (χ3v) is 4.42. The van der Waals surface area contributed by atoms with E-state index >= 15 is 0 Å². The molecule has 3 rings (SSSR count). The molecular formula is C20H21ClN4O3. The van der Waals surface area contributed by atoms with Crippen molar-refractivity contribution in [2.24, 2.45) is 0 Å². The molecule has 7 nitrogen and oxygen atoms in total. The Morgan fingerprint density at radius 1 is 1.18 bits per heavy atom. The van der Waals surface area contributed by atoms with Gasteiger partial charge in [-0.3, -0.25) is 4.79 Å². The first-order valence-electron chi connectivity index (χ1n) is 8.76. The number of methoxy groups -OCH3 is 1. The summed E-state index contributed by atoms with van der Waals surface area (Å²) in [5.41, 5.74) is 2.46. The largest absolute Gasteiger partial charge is 0.491 e. The van der Waals surface area contributed by atoms with Crippen molar-refractivity contribution in [2.45, 2.75) is 13.5 Å². The van der Waals surface area contributed by atoms with Gasteiger partial charge in [0, 0.05) is 13.7 Å². The smallest absolute Gasteiger partial charge is 0.274 e. The Kier molecular flexibility index (Phi) is 6.62. The molecule has 1 heterocycles. The van der Waals surface area contributed by atoms with Gasteiger partial charge in [0.25, 0.3) is 5.91 Å². The number of rotatable bonds is 8. The number of halogens is 1. The highest BCUT2D eigenvalue weighted by atomic mass is 35.5. The van der Waals surface area contributed by atoms with Crippen molar-refractivity contribution in [3.63, 3.8) is 0 Å². The molecule has 0 spiro atoms. The molecule has 0 saturated heterocycles. The second-order valence-corrected chi connectivity index (χ2v) is 6.47. The minimum absolute atomic E-state index is 0.257. The van der Waals surface area contributed by atoms with Crippen molar-refractivity contribution in [3.8, 4) is 11.4 Å². The quantitative estimate of drug-likeness (QED) is 0.587. The maximum Gasteiger partial charge on any atom is 0.274 e. The van der Waals surface area contributed by atoms with Crippen LogP contribution >= 0.6 is 11.6 Å². The van der Waals surface area contributed by atoms with Crippen LogP contribution in [0.2, 0.25) is 5.02 Å². The van der Waals surface area contributed by atoms with Gasteiger partial charge in [0.1, 0.15) is 12.4 Å². The number of hydrogen-bond acceptors (Lipinski definition) is 5. The molecule has 0 radical (unpaired) electrons. The number of carbonyl (C=O) groups is 1. The Labute approximate surface area is 168 Å². The van der Waals surface area contributed by atoms with Gasteiger partial charge in [-0.1, -0.05) is 41.1 Å². The van der Waals surface area contributed by atoms with Crippen LogP contribution in [0.15, 0.2) is 48.5 Å². The first-order valence-corrected chi connectivity index (χ1v) is 9.14. The topological polar surface area (TPSA) is 78.3 Å². The zero-order chi connectivity index (χ0) is 19.9. The second kappa shape index (κ2) is 9.34. The van der Waals surface area contributed by atoms with E-state index in [2.05, 4.69) is 15.6 Å². The van der Waals surface area contributed by atoms with E-state index in [0.29, 0.717) is 36.2 Å². The van der Waals surface area contributed by atoms with Gasteiger partial charge < -0.3 is 14.8 Å². The molecular weight excluding hydrogens is 380 g/mol. The molecule has 0 aliphatic carbocycles. The number of nitrogens with one attached hydrogen (secondary N) is 1. The molecule has 0 saturated carbocycles. The van der Waals surface area contributed by atoms with Crippen LogP contribution in [-0.4, -0.2) is 41.2 Å². The van der Waals surface area contributed by atoms with Gasteiger partial charge in [-0.15, -0.1) is 5.10 Å². The van der Waals surface area contributed by atoms with Crippen LogP contribution in [-0.2, 0) is 11.3 Å². The fourth-order valence-corrected chi connectivity index (χ4v) is 2.86. The number of aromatic nitrogens is 3. The Morgan fingerprint density at radius 3 is 2.79 bits per heavy atom. The Bertz CT molecular complexity index is 958. The first-order chi connectivity index (χ1) is 13.6. The predicted molar refractivity (Wildman–Crippen MR) is 106 cm³/mol. The monoisotopic (exact) mass is 400 g/mol. The van der Waals surface area contributed by atoms with Gasteiger partial charge in [-0.25, -0.2) is 4.68 Å². The Balaban J connectivity index is 1.66. The lowest BCUT2D eigenvalue weighted by Gasteiger charge is -2.09. The molecule has 2 aromatic carbocycles. The molecule has 146 valence electrons. The minimum atomic E-state index is -0.304. The molecule has 28 heavy (non-hydrogen) atoms. The summed E-state index contributed by atoms with van der Waals surface area (Å²) in [5, 5.41) is 11.5. The highest BCUT2D eigenvalue weighted by Crippen LogP contribution is 2.21. The fourth-order valence-electron chi connectivity index (χ4n) is 2.65. The molecule has 0 bridgehead atoms. The van der Waals surface area contributed by atoms with Crippen LogP contribution in [0.5, 0.6) is 5.75 Å². The molecule has 1 amide bonds. The summed E-state index contributed by atoms with van der Waals surface area (Å²) < 4.78 is 12.1. The van der Waals surface area contributed by atoms with Crippen molar-refractivity contribution in [3.05, 3.63) is 70.5 Å². The Hall–Kier alpha value is -2.90. The van der Waals surface area contributed by atoms with E-state index in [1.54, 1.807) is 24.8 Å². The predicted octanol–water partition coefficient (Wildman–Crippen LogP) is 3.18.